The molecule has 0 aromatic heterocycles. The maximum absolute atomic E-state index is 12.2. The molecule has 0 radical (unpaired) electrons. The summed E-state index contributed by atoms with van der Waals surface area (Å²) >= 11 is 0. The number of hydrogen-bond donors (Lipinski definition) is 3. The summed E-state index contributed by atoms with van der Waals surface area (Å²) in [6, 6.07) is 0. The minimum atomic E-state index is -0.372. The number of nitrogens with one attached hydrogen (secondary N) is 2. The summed E-state index contributed by atoms with van der Waals surface area (Å²) < 4.78 is 0. The molecule has 106 valence electrons. The number of nitrogens with zero attached hydrogens (tertiary/aromatic N) is 1. The van der Waals surface area contributed by atoms with Crippen LogP contribution in [0.3, 0.4) is 0 Å². The average molecular weight is 256 g/mol. The minimum absolute atomic E-state index is 0.116. The summed E-state index contributed by atoms with van der Waals surface area (Å²) in [5.41, 5.74) is 5.39. The highest BCUT2D eigenvalue weighted by atomic mass is 16.2. The highest BCUT2D eigenvalue weighted by Gasteiger charge is 2.32. The minimum Gasteiger partial charge on any atom is -0.354 e. The van der Waals surface area contributed by atoms with E-state index in [1.54, 1.807) is 0 Å². The third-order valence-electron chi connectivity index (χ3n) is 4.15. The molecule has 0 aromatic rings. The molecule has 18 heavy (non-hydrogen) atoms. The maximum Gasteiger partial charge on any atom is 0.227 e. The van der Waals surface area contributed by atoms with Crippen molar-refractivity contribution in [2.45, 2.75) is 26.7 Å². The van der Waals surface area contributed by atoms with Crippen molar-refractivity contribution in [3.63, 3.8) is 0 Å². The number of piperazine rings is 1. The van der Waals surface area contributed by atoms with Gasteiger partial charge in [0, 0.05) is 45.8 Å². The van der Waals surface area contributed by atoms with Crippen LogP contribution < -0.4 is 16.4 Å². The molecule has 0 bridgehead atoms. The van der Waals surface area contributed by atoms with Crippen molar-refractivity contribution < 1.29 is 4.79 Å². The lowest BCUT2D eigenvalue weighted by molar-refractivity contribution is -0.131. The van der Waals surface area contributed by atoms with E-state index in [0.29, 0.717) is 6.54 Å². The Labute approximate surface area is 110 Å². The van der Waals surface area contributed by atoms with Crippen molar-refractivity contribution in [2.75, 3.05) is 45.8 Å². The average Bonchev–Trinajstić information content (AvgIpc) is 2.42. The van der Waals surface area contributed by atoms with Crippen LogP contribution in [0.5, 0.6) is 0 Å². The number of amides is 1. The van der Waals surface area contributed by atoms with Gasteiger partial charge in [-0.15, -0.1) is 0 Å². The number of carbonyl (C=O) groups is 1. The van der Waals surface area contributed by atoms with Crippen LogP contribution in [-0.4, -0.2) is 56.6 Å². The standard InChI is InChI=1S/C13H28N4O/c1-3-13(4-2,11-14)12(18)16-7-10-17-8-5-15-6-9-17/h15H,3-11,14H2,1-2H3,(H,16,18). The van der Waals surface area contributed by atoms with Crippen molar-refractivity contribution in [3.8, 4) is 0 Å². The van der Waals surface area contributed by atoms with E-state index in [4.69, 9.17) is 5.73 Å². The fourth-order valence-corrected chi connectivity index (χ4v) is 2.40. The Morgan fingerprint density at radius 2 is 1.94 bits per heavy atom. The van der Waals surface area contributed by atoms with Crippen molar-refractivity contribution in [3.05, 3.63) is 0 Å². The largest absolute Gasteiger partial charge is 0.354 e. The first-order chi connectivity index (χ1) is 8.68. The van der Waals surface area contributed by atoms with Gasteiger partial charge in [-0.3, -0.25) is 9.69 Å². The van der Waals surface area contributed by atoms with E-state index < -0.39 is 0 Å². The van der Waals surface area contributed by atoms with Crippen LogP contribution in [0, 0.1) is 5.41 Å². The molecule has 1 fully saturated rings. The fraction of sp³-hybridized carbons (Fsp3) is 0.923. The second kappa shape index (κ2) is 7.71. The Kier molecular flexibility index (Phi) is 6.60. The topological polar surface area (TPSA) is 70.4 Å². The monoisotopic (exact) mass is 256 g/mol. The number of carbonyl (C=O) groups excluding carboxylic acids is 1. The van der Waals surface area contributed by atoms with Crippen molar-refractivity contribution >= 4 is 5.91 Å². The molecule has 0 aromatic carbocycles. The van der Waals surface area contributed by atoms with E-state index >= 15 is 0 Å². The van der Waals surface area contributed by atoms with E-state index in [9.17, 15) is 4.79 Å². The second-order valence-corrected chi connectivity index (χ2v) is 5.04. The lowest BCUT2D eigenvalue weighted by Gasteiger charge is -2.30. The second-order valence-electron chi connectivity index (χ2n) is 5.04. The summed E-state index contributed by atoms with van der Waals surface area (Å²) in [5, 5.41) is 6.36. The first kappa shape index (κ1) is 15.4. The molecule has 0 spiro atoms. The Balaban J connectivity index is 2.30. The lowest BCUT2D eigenvalue weighted by atomic mass is 9.81. The zero-order chi connectivity index (χ0) is 13.4. The summed E-state index contributed by atoms with van der Waals surface area (Å²) in [4.78, 5) is 14.6. The summed E-state index contributed by atoms with van der Waals surface area (Å²) in [6.07, 6.45) is 1.61. The molecule has 0 saturated carbocycles. The van der Waals surface area contributed by atoms with Gasteiger partial charge in [-0.2, -0.15) is 0 Å². The van der Waals surface area contributed by atoms with E-state index in [1.165, 1.54) is 0 Å². The van der Waals surface area contributed by atoms with E-state index in [1.807, 2.05) is 13.8 Å². The molecule has 5 nitrogen and oxygen atoms in total. The molecule has 1 saturated heterocycles. The number of rotatable bonds is 7. The van der Waals surface area contributed by atoms with Crippen LogP contribution in [0.4, 0.5) is 0 Å². The molecule has 1 aliphatic rings. The van der Waals surface area contributed by atoms with Crippen LogP contribution in [0.2, 0.25) is 0 Å². The van der Waals surface area contributed by atoms with Crippen LogP contribution >= 0.6 is 0 Å². The molecular weight excluding hydrogens is 228 g/mol. The van der Waals surface area contributed by atoms with Gasteiger partial charge in [-0.25, -0.2) is 0 Å². The van der Waals surface area contributed by atoms with Gasteiger partial charge >= 0.3 is 0 Å². The van der Waals surface area contributed by atoms with Gasteiger partial charge < -0.3 is 16.4 Å². The van der Waals surface area contributed by atoms with Crippen LogP contribution in [0.1, 0.15) is 26.7 Å². The zero-order valence-electron chi connectivity index (χ0n) is 11.8. The van der Waals surface area contributed by atoms with Crippen LogP contribution in [0.25, 0.3) is 0 Å². The normalized spacial score (nSPS) is 17.7. The van der Waals surface area contributed by atoms with E-state index in [0.717, 1.165) is 52.1 Å². The molecule has 1 amide bonds. The SMILES string of the molecule is CCC(CC)(CN)C(=O)NCCN1CCNCC1. The molecule has 0 aliphatic carbocycles. The lowest BCUT2D eigenvalue weighted by Crippen LogP contribution is -2.49. The van der Waals surface area contributed by atoms with Crippen molar-refractivity contribution in [1.82, 2.24) is 15.5 Å². The van der Waals surface area contributed by atoms with Crippen molar-refractivity contribution in [1.29, 1.82) is 0 Å². The van der Waals surface area contributed by atoms with Gasteiger partial charge in [0.1, 0.15) is 0 Å². The van der Waals surface area contributed by atoms with Crippen molar-refractivity contribution in [2.24, 2.45) is 11.1 Å². The number of nitrogens with two attached hydrogens (primary N) is 1. The molecule has 4 N–H and O–H groups in total. The molecule has 0 unspecified atom stereocenters. The van der Waals surface area contributed by atoms with E-state index in [-0.39, 0.29) is 11.3 Å². The molecule has 1 heterocycles. The molecule has 5 heteroatoms. The first-order valence-corrected chi connectivity index (χ1v) is 7.10. The summed E-state index contributed by atoms with van der Waals surface area (Å²) in [5.74, 6) is 0.116. The molecular formula is C13H28N4O. The van der Waals surface area contributed by atoms with E-state index in [2.05, 4.69) is 15.5 Å². The highest BCUT2D eigenvalue weighted by Crippen LogP contribution is 2.24. The Morgan fingerprint density at radius 1 is 1.33 bits per heavy atom. The van der Waals surface area contributed by atoms with Crippen LogP contribution in [-0.2, 0) is 4.79 Å². The Morgan fingerprint density at radius 3 is 2.44 bits per heavy atom. The number of hydrogen-bond acceptors (Lipinski definition) is 4. The van der Waals surface area contributed by atoms with Gasteiger partial charge in [-0.05, 0) is 12.8 Å². The van der Waals surface area contributed by atoms with Gasteiger partial charge in [-0.1, -0.05) is 13.8 Å². The summed E-state index contributed by atoms with van der Waals surface area (Å²) in [7, 11) is 0. The zero-order valence-corrected chi connectivity index (χ0v) is 11.8. The predicted molar refractivity (Wildman–Crippen MR) is 74.4 cm³/mol. The predicted octanol–water partition coefficient (Wildman–Crippen LogP) is -0.227. The van der Waals surface area contributed by atoms with Gasteiger partial charge in [0.15, 0.2) is 0 Å². The van der Waals surface area contributed by atoms with Gasteiger partial charge in [0.25, 0.3) is 0 Å². The highest BCUT2D eigenvalue weighted by molar-refractivity contribution is 5.82. The Bertz CT molecular complexity index is 239. The maximum atomic E-state index is 12.2. The van der Waals surface area contributed by atoms with Crippen LogP contribution in [0.15, 0.2) is 0 Å². The van der Waals surface area contributed by atoms with Gasteiger partial charge in [0.05, 0.1) is 5.41 Å². The molecule has 0 atom stereocenters. The Hall–Kier alpha value is -0.650. The first-order valence-electron chi connectivity index (χ1n) is 7.10. The third kappa shape index (κ3) is 3.93. The van der Waals surface area contributed by atoms with Gasteiger partial charge in [0.2, 0.25) is 5.91 Å². The molecule has 1 aliphatic heterocycles. The molecule has 1 rings (SSSR count). The fourth-order valence-electron chi connectivity index (χ4n) is 2.40. The summed E-state index contributed by atoms with van der Waals surface area (Å²) in [6.45, 7) is 10.4. The smallest absolute Gasteiger partial charge is 0.227 e. The quantitative estimate of drug-likeness (QED) is 0.589. The third-order valence-corrected chi connectivity index (χ3v) is 4.15.